The van der Waals surface area contributed by atoms with Crippen LogP contribution in [0.15, 0.2) is 16.7 Å². The van der Waals surface area contributed by atoms with E-state index in [1.54, 1.807) is 0 Å². The van der Waals surface area contributed by atoms with Gasteiger partial charge in [-0.15, -0.1) is 0 Å². The Labute approximate surface area is 98.4 Å². The van der Waals surface area contributed by atoms with E-state index >= 15 is 0 Å². The van der Waals surface area contributed by atoms with Crippen molar-refractivity contribution in [2.24, 2.45) is 5.92 Å². The van der Waals surface area contributed by atoms with E-state index in [0.717, 1.165) is 18.2 Å². The summed E-state index contributed by atoms with van der Waals surface area (Å²) in [5.74, 6) is 2.09. The third-order valence-electron chi connectivity index (χ3n) is 3.48. The fraction of sp³-hybridized carbons (Fsp3) is 0.714. The van der Waals surface area contributed by atoms with Gasteiger partial charge in [0.05, 0.1) is 6.26 Å². The minimum absolute atomic E-state index is 0.499. The summed E-state index contributed by atoms with van der Waals surface area (Å²) in [5.41, 5.74) is 1.36. The van der Waals surface area contributed by atoms with Crippen LogP contribution in [0.5, 0.6) is 0 Å². The zero-order valence-electron chi connectivity index (χ0n) is 10.5. The number of nitrogens with one attached hydrogen (secondary N) is 1. The minimum Gasteiger partial charge on any atom is -0.469 e. The highest BCUT2D eigenvalue weighted by Gasteiger charge is 2.23. The first kappa shape index (κ1) is 11.7. The molecule has 1 aliphatic carbocycles. The van der Waals surface area contributed by atoms with Crippen LogP contribution in [0.25, 0.3) is 0 Å². The van der Waals surface area contributed by atoms with E-state index in [1.807, 2.05) is 6.26 Å². The Morgan fingerprint density at radius 3 is 2.88 bits per heavy atom. The summed E-state index contributed by atoms with van der Waals surface area (Å²) in [5, 5.41) is 3.64. The molecule has 1 heterocycles. The summed E-state index contributed by atoms with van der Waals surface area (Å²) in [6.07, 6.45) is 8.52. The molecule has 2 heteroatoms. The molecule has 0 radical (unpaired) electrons. The van der Waals surface area contributed by atoms with E-state index in [2.05, 4.69) is 25.2 Å². The molecule has 1 N–H and O–H groups in total. The average molecular weight is 221 g/mol. The SMILES string of the molecule is CCCNC(CCC1CC1)c1ccoc1C. The molecule has 1 aromatic heterocycles. The Morgan fingerprint density at radius 2 is 2.31 bits per heavy atom. The highest BCUT2D eigenvalue weighted by molar-refractivity contribution is 5.20. The standard InChI is InChI=1S/C14H23NO/c1-3-9-15-14(7-6-12-4-5-12)13-8-10-16-11(13)2/h8,10,12,14-15H,3-7,9H2,1-2H3. The Balaban J connectivity index is 1.92. The van der Waals surface area contributed by atoms with Gasteiger partial charge in [0.25, 0.3) is 0 Å². The maximum atomic E-state index is 5.41. The summed E-state index contributed by atoms with van der Waals surface area (Å²) in [4.78, 5) is 0. The van der Waals surface area contributed by atoms with Gasteiger partial charge >= 0.3 is 0 Å². The van der Waals surface area contributed by atoms with Gasteiger partial charge in [-0.3, -0.25) is 0 Å². The summed E-state index contributed by atoms with van der Waals surface area (Å²) >= 11 is 0. The quantitative estimate of drug-likeness (QED) is 0.757. The third-order valence-corrected chi connectivity index (χ3v) is 3.48. The lowest BCUT2D eigenvalue weighted by Crippen LogP contribution is -2.22. The van der Waals surface area contributed by atoms with Gasteiger partial charge in [0.1, 0.15) is 5.76 Å². The van der Waals surface area contributed by atoms with E-state index in [-0.39, 0.29) is 0 Å². The normalized spacial score (nSPS) is 17.6. The molecule has 1 aromatic rings. The van der Waals surface area contributed by atoms with Crippen LogP contribution in [0.1, 0.15) is 56.4 Å². The van der Waals surface area contributed by atoms with Gasteiger partial charge < -0.3 is 9.73 Å². The van der Waals surface area contributed by atoms with E-state index < -0.39 is 0 Å². The van der Waals surface area contributed by atoms with Crippen molar-refractivity contribution < 1.29 is 4.42 Å². The van der Waals surface area contributed by atoms with Crippen LogP contribution in [0.2, 0.25) is 0 Å². The molecular formula is C14H23NO. The van der Waals surface area contributed by atoms with Gasteiger partial charge in [-0.2, -0.15) is 0 Å². The van der Waals surface area contributed by atoms with Crippen molar-refractivity contribution in [2.75, 3.05) is 6.54 Å². The molecule has 1 saturated carbocycles. The Hall–Kier alpha value is -0.760. The molecule has 1 fully saturated rings. The predicted octanol–water partition coefficient (Wildman–Crippen LogP) is 3.82. The summed E-state index contributed by atoms with van der Waals surface area (Å²) < 4.78 is 5.41. The molecule has 2 rings (SSSR count). The zero-order chi connectivity index (χ0) is 11.4. The number of furan rings is 1. The fourth-order valence-corrected chi connectivity index (χ4v) is 2.25. The largest absolute Gasteiger partial charge is 0.469 e. The lowest BCUT2D eigenvalue weighted by Gasteiger charge is -2.17. The van der Waals surface area contributed by atoms with E-state index in [1.165, 1.54) is 37.7 Å². The number of rotatable bonds is 7. The highest BCUT2D eigenvalue weighted by atomic mass is 16.3. The van der Waals surface area contributed by atoms with Crippen molar-refractivity contribution in [1.29, 1.82) is 0 Å². The topological polar surface area (TPSA) is 25.2 Å². The zero-order valence-corrected chi connectivity index (χ0v) is 10.5. The molecule has 0 saturated heterocycles. The lowest BCUT2D eigenvalue weighted by molar-refractivity contribution is 0.455. The third kappa shape index (κ3) is 3.11. The lowest BCUT2D eigenvalue weighted by atomic mass is 10.0. The molecule has 0 aromatic carbocycles. The molecule has 16 heavy (non-hydrogen) atoms. The summed E-state index contributed by atoms with van der Waals surface area (Å²) in [7, 11) is 0. The fourth-order valence-electron chi connectivity index (χ4n) is 2.25. The second-order valence-electron chi connectivity index (χ2n) is 4.96. The van der Waals surface area contributed by atoms with Gasteiger partial charge in [-0.05, 0) is 44.7 Å². The smallest absolute Gasteiger partial charge is 0.105 e. The van der Waals surface area contributed by atoms with Gasteiger partial charge in [0.15, 0.2) is 0 Å². The molecule has 0 spiro atoms. The van der Waals surface area contributed by atoms with Crippen LogP contribution >= 0.6 is 0 Å². The molecule has 1 aliphatic rings. The Bertz CT molecular complexity index is 314. The second-order valence-corrected chi connectivity index (χ2v) is 4.96. The maximum Gasteiger partial charge on any atom is 0.105 e. The van der Waals surface area contributed by atoms with Crippen molar-refractivity contribution in [2.45, 2.75) is 52.0 Å². The number of hydrogen-bond donors (Lipinski definition) is 1. The van der Waals surface area contributed by atoms with Crippen LogP contribution in [-0.2, 0) is 0 Å². The van der Waals surface area contributed by atoms with Gasteiger partial charge in [-0.1, -0.05) is 19.8 Å². The van der Waals surface area contributed by atoms with Crippen molar-refractivity contribution in [3.05, 3.63) is 23.7 Å². The van der Waals surface area contributed by atoms with Gasteiger partial charge in [0.2, 0.25) is 0 Å². The average Bonchev–Trinajstić information content (AvgIpc) is 3.02. The van der Waals surface area contributed by atoms with E-state index in [9.17, 15) is 0 Å². The minimum atomic E-state index is 0.499. The Morgan fingerprint density at radius 1 is 1.50 bits per heavy atom. The molecule has 1 unspecified atom stereocenters. The second kappa shape index (κ2) is 5.53. The van der Waals surface area contributed by atoms with Crippen LogP contribution in [0.3, 0.4) is 0 Å². The highest BCUT2D eigenvalue weighted by Crippen LogP contribution is 2.36. The maximum absolute atomic E-state index is 5.41. The number of aryl methyl sites for hydroxylation is 1. The van der Waals surface area contributed by atoms with E-state index in [4.69, 9.17) is 4.42 Å². The first-order valence-electron chi connectivity index (χ1n) is 6.58. The monoisotopic (exact) mass is 221 g/mol. The van der Waals surface area contributed by atoms with Crippen LogP contribution in [-0.4, -0.2) is 6.54 Å². The molecule has 0 amide bonds. The van der Waals surface area contributed by atoms with Crippen LogP contribution in [0.4, 0.5) is 0 Å². The number of hydrogen-bond acceptors (Lipinski definition) is 2. The van der Waals surface area contributed by atoms with Gasteiger partial charge in [-0.25, -0.2) is 0 Å². The predicted molar refractivity (Wildman–Crippen MR) is 66.4 cm³/mol. The first-order chi connectivity index (χ1) is 7.81. The van der Waals surface area contributed by atoms with Crippen LogP contribution in [0, 0.1) is 12.8 Å². The molecule has 0 bridgehead atoms. The molecule has 0 aliphatic heterocycles. The molecular weight excluding hydrogens is 198 g/mol. The molecule has 90 valence electrons. The summed E-state index contributed by atoms with van der Waals surface area (Å²) in [6.45, 7) is 5.38. The molecule has 1 atom stereocenters. The first-order valence-corrected chi connectivity index (χ1v) is 6.58. The summed E-state index contributed by atoms with van der Waals surface area (Å²) in [6, 6.07) is 2.62. The van der Waals surface area contributed by atoms with Crippen molar-refractivity contribution in [3.63, 3.8) is 0 Å². The Kier molecular flexibility index (Phi) is 4.05. The van der Waals surface area contributed by atoms with E-state index in [0.29, 0.717) is 6.04 Å². The van der Waals surface area contributed by atoms with Crippen molar-refractivity contribution in [3.8, 4) is 0 Å². The van der Waals surface area contributed by atoms with Crippen molar-refractivity contribution >= 4 is 0 Å². The van der Waals surface area contributed by atoms with Gasteiger partial charge in [0, 0.05) is 11.6 Å². The molecule has 2 nitrogen and oxygen atoms in total. The van der Waals surface area contributed by atoms with Crippen LogP contribution < -0.4 is 5.32 Å². The van der Waals surface area contributed by atoms with Crippen molar-refractivity contribution in [1.82, 2.24) is 5.32 Å².